The first-order valence-electron chi connectivity index (χ1n) is 7.33. The van der Waals surface area contributed by atoms with Crippen LogP contribution >= 0.6 is 0 Å². The number of rotatable bonds is 4. The smallest absolute Gasteiger partial charge is 0.242 e. The number of primary amides is 1. The standard InChI is InChI=1S/C18H20N2O/c1-3-20-18(2,17(19)21)14-8-9-16-13(11-14)10-12-6-4-5-7-15(12)16/h4-9,11,20H,3,10H2,1-2H3,(H2,19,21). The van der Waals surface area contributed by atoms with Gasteiger partial charge >= 0.3 is 0 Å². The fourth-order valence-corrected chi connectivity index (χ4v) is 3.14. The number of hydrogen-bond acceptors (Lipinski definition) is 2. The van der Waals surface area contributed by atoms with Crippen molar-refractivity contribution in [3.63, 3.8) is 0 Å². The monoisotopic (exact) mass is 280 g/mol. The third-order valence-electron chi connectivity index (χ3n) is 4.39. The van der Waals surface area contributed by atoms with Crippen LogP contribution in [-0.2, 0) is 16.8 Å². The summed E-state index contributed by atoms with van der Waals surface area (Å²) in [6.07, 6.45) is 0.917. The first kappa shape index (κ1) is 13.8. The molecule has 0 fully saturated rings. The third-order valence-corrected chi connectivity index (χ3v) is 4.39. The number of likely N-dealkylation sites (N-methyl/N-ethyl adjacent to an activating group) is 1. The van der Waals surface area contributed by atoms with Gasteiger partial charge in [-0.3, -0.25) is 4.79 Å². The highest BCUT2D eigenvalue weighted by Gasteiger charge is 2.33. The van der Waals surface area contributed by atoms with Crippen LogP contribution in [0.15, 0.2) is 42.5 Å². The zero-order chi connectivity index (χ0) is 15.0. The Hall–Kier alpha value is -2.13. The second-order valence-corrected chi connectivity index (χ2v) is 5.73. The minimum absolute atomic E-state index is 0.347. The minimum atomic E-state index is -0.821. The Morgan fingerprint density at radius 2 is 1.90 bits per heavy atom. The van der Waals surface area contributed by atoms with Gasteiger partial charge in [-0.15, -0.1) is 0 Å². The Morgan fingerprint density at radius 3 is 2.62 bits per heavy atom. The molecule has 3 rings (SSSR count). The fourth-order valence-electron chi connectivity index (χ4n) is 3.14. The molecule has 3 nitrogen and oxygen atoms in total. The average Bonchev–Trinajstić information content (AvgIpc) is 2.84. The molecular formula is C18H20N2O. The van der Waals surface area contributed by atoms with Gasteiger partial charge in [0.25, 0.3) is 0 Å². The molecule has 0 radical (unpaired) electrons. The summed E-state index contributed by atoms with van der Waals surface area (Å²) >= 11 is 0. The molecule has 1 atom stereocenters. The van der Waals surface area contributed by atoms with Gasteiger partial charge in [0.15, 0.2) is 0 Å². The first-order valence-corrected chi connectivity index (χ1v) is 7.33. The second kappa shape index (κ2) is 5.01. The lowest BCUT2D eigenvalue weighted by atomic mass is 9.88. The highest BCUT2D eigenvalue weighted by atomic mass is 16.1. The molecule has 1 amide bonds. The van der Waals surface area contributed by atoms with Crippen molar-refractivity contribution in [2.24, 2.45) is 5.73 Å². The number of benzene rings is 2. The van der Waals surface area contributed by atoms with E-state index in [1.165, 1.54) is 22.3 Å². The lowest BCUT2D eigenvalue weighted by Gasteiger charge is -2.28. The Labute approximate surface area is 125 Å². The van der Waals surface area contributed by atoms with Crippen LogP contribution in [0.1, 0.15) is 30.5 Å². The quantitative estimate of drug-likeness (QED) is 0.771. The molecule has 0 aromatic heterocycles. The normalized spacial score (nSPS) is 15.1. The zero-order valence-electron chi connectivity index (χ0n) is 12.4. The van der Waals surface area contributed by atoms with Crippen molar-refractivity contribution in [3.05, 3.63) is 59.2 Å². The molecule has 2 aromatic rings. The maximum Gasteiger partial charge on any atom is 0.242 e. The number of carbonyl (C=O) groups excluding carboxylic acids is 1. The molecule has 1 aliphatic carbocycles. The largest absolute Gasteiger partial charge is 0.368 e. The topological polar surface area (TPSA) is 55.1 Å². The molecule has 2 aromatic carbocycles. The van der Waals surface area contributed by atoms with E-state index in [1.54, 1.807) is 0 Å². The summed E-state index contributed by atoms with van der Waals surface area (Å²) in [5, 5.41) is 3.21. The molecule has 1 aliphatic rings. The van der Waals surface area contributed by atoms with E-state index in [1.807, 2.05) is 19.9 Å². The van der Waals surface area contributed by atoms with Crippen molar-refractivity contribution in [2.75, 3.05) is 6.54 Å². The van der Waals surface area contributed by atoms with E-state index in [0.717, 1.165) is 12.0 Å². The van der Waals surface area contributed by atoms with Crippen LogP contribution in [0.3, 0.4) is 0 Å². The van der Waals surface area contributed by atoms with Crippen molar-refractivity contribution < 1.29 is 4.79 Å². The van der Waals surface area contributed by atoms with Crippen molar-refractivity contribution in [3.8, 4) is 11.1 Å². The van der Waals surface area contributed by atoms with Gasteiger partial charge in [-0.05, 0) is 47.7 Å². The average molecular weight is 280 g/mol. The van der Waals surface area contributed by atoms with Crippen LogP contribution in [-0.4, -0.2) is 12.5 Å². The van der Waals surface area contributed by atoms with Gasteiger partial charge in [0.2, 0.25) is 5.91 Å². The molecule has 3 heteroatoms. The molecule has 0 saturated carbocycles. The van der Waals surface area contributed by atoms with Crippen LogP contribution in [0.5, 0.6) is 0 Å². The van der Waals surface area contributed by atoms with Crippen LogP contribution in [0.4, 0.5) is 0 Å². The third kappa shape index (κ3) is 2.14. The van der Waals surface area contributed by atoms with E-state index >= 15 is 0 Å². The predicted octanol–water partition coefficient (Wildman–Crippen LogP) is 2.57. The Balaban J connectivity index is 2.06. The van der Waals surface area contributed by atoms with E-state index in [0.29, 0.717) is 6.54 Å². The van der Waals surface area contributed by atoms with Crippen molar-refractivity contribution in [1.29, 1.82) is 0 Å². The van der Waals surface area contributed by atoms with Gasteiger partial charge < -0.3 is 11.1 Å². The number of nitrogens with two attached hydrogens (primary N) is 1. The van der Waals surface area contributed by atoms with E-state index in [-0.39, 0.29) is 5.91 Å². The van der Waals surface area contributed by atoms with Gasteiger partial charge in [0.1, 0.15) is 5.54 Å². The number of carbonyl (C=O) groups is 1. The highest BCUT2D eigenvalue weighted by Crippen LogP contribution is 2.38. The van der Waals surface area contributed by atoms with Gasteiger partial charge in [-0.1, -0.05) is 49.4 Å². The van der Waals surface area contributed by atoms with Gasteiger partial charge in [0.05, 0.1) is 0 Å². The maximum absolute atomic E-state index is 11.9. The number of hydrogen-bond donors (Lipinski definition) is 2. The lowest BCUT2D eigenvalue weighted by molar-refractivity contribution is -0.124. The Bertz CT molecular complexity index is 708. The molecule has 0 aliphatic heterocycles. The molecular weight excluding hydrogens is 260 g/mol. The van der Waals surface area contributed by atoms with Crippen LogP contribution in [0.2, 0.25) is 0 Å². The number of amides is 1. The summed E-state index contributed by atoms with van der Waals surface area (Å²) in [5.41, 5.74) is 10.9. The van der Waals surface area contributed by atoms with Crippen LogP contribution < -0.4 is 11.1 Å². The first-order chi connectivity index (χ1) is 10.1. The van der Waals surface area contributed by atoms with E-state index < -0.39 is 5.54 Å². The SMILES string of the molecule is CCNC(C)(C(N)=O)c1ccc2c(c1)Cc1ccccc1-2. The Kier molecular flexibility index (Phi) is 3.30. The van der Waals surface area contributed by atoms with Gasteiger partial charge in [-0.2, -0.15) is 0 Å². The molecule has 21 heavy (non-hydrogen) atoms. The van der Waals surface area contributed by atoms with Crippen molar-refractivity contribution in [2.45, 2.75) is 25.8 Å². The zero-order valence-corrected chi connectivity index (χ0v) is 12.4. The summed E-state index contributed by atoms with van der Waals surface area (Å²) in [6.45, 7) is 4.52. The maximum atomic E-state index is 11.9. The van der Waals surface area contributed by atoms with Gasteiger partial charge in [0, 0.05) is 0 Å². The molecule has 0 spiro atoms. The van der Waals surface area contributed by atoms with Crippen LogP contribution in [0.25, 0.3) is 11.1 Å². The summed E-state index contributed by atoms with van der Waals surface area (Å²) in [4.78, 5) is 11.9. The van der Waals surface area contributed by atoms with Gasteiger partial charge in [-0.25, -0.2) is 0 Å². The molecule has 108 valence electrons. The predicted molar refractivity (Wildman–Crippen MR) is 84.9 cm³/mol. The van der Waals surface area contributed by atoms with Crippen LogP contribution in [0, 0.1) is 0 Å². The summed E-state index contributed by atoms with van der Waals surface area (Å²) < 4.78 is 0. The number of fused-ring (bicyclic) bond motifs is 3. The van der Waals surface area contributed by atoms with E-state index in [2.05, 4.69) is 41.7 Å². The number of nitrogens with one attached hydrogen (secondary N) is 1. The molecule has 0 saturated heterocycles. The van der Waals surface area contributed by atoms with Crippen molar-refractivity contribution >= 4 is 5.91 Å². The fraction of sp³-hybridized carbons (Fsp3) is 0.278. The Morgan fingerprint density at radius 1 is 1.19 bits per heavy atom. The van der Waals surface area contributed by atoms with Crippen molar-refractivity contribution in [1.82, 2.24) is 5.32 Å². The molecule has 0 bridgehead atoms. The molecule has 1 unspecified atom stereocenters. The minimum Gasteiger partial charge on any atom is -0.368 e. The van der Waals surface area contributed by atoms with E-state index in [4.69, 9.17) is 5.73 Å². The highest BCUT2D eigenvalue weighted by molar-refractivity contribution is 5.86. The second-order valence-electron chi connectivity index (χ2n) is 5.73. The summed E-state index contributed by atoms with van der Waals surface area (Å²) in [5.74, 6) is -0.347. The van der Waals surface area contributed by atoms with E-state index in [9.17, 15) is 4.79 Å². The summed E-state index contributed by atoms with van der Waals surface area (Å²) in [7, 11) is 0. The lowest BCUT2D eigenvalue weighted by Crippen LogP contribution is -2.50. The molecule has 0 heterocycles. The summed E-state index contributed by atoms with van der Waals surface area (Å²) in [6, 6.07) is 14.7. The molecule has 3 N–H and O–H groups in total.